The van der Waals surface area contributed by atoms with Gasteiger partial charge in [0.1, 0.15) is 18.2 Å². The van der Waals surface area contributed by atoms with Crippen molar-refractivity contribution in [1.29, 1.82) is 0 Å². The summed E-state index contributed by atoms with van der Waals surface area (Å²) in [4.78, 5) is 2.15. The average Bonchev–Trinajstić information content (AvgIpc) is 2.80. The molecule has 18 heavy (non-hydrogen) atoms. The molecule has 0 aromatic carbocycles. The molecule has 1 aliphatic heterocycles. The van der Waals surface area contributed by atoms with Crippen LogP contribution in [0.15, 0.2) is 16.5 Å². The van der Waals surface area contributed by atoms with Gasteiger partial charge >= 0.3 is 0 Å². The molecule has 0 aliphatic carbocycles. The fourth-order valence-corrected chi connectivity index (χ4v) is 2.11. The Bertz CT molecular complexity index is 330. The Labute approximate surface area is 120 Å². The van der Waals surface area contributed by atoms with E-state index in [1.807, 2.05) is 19.1 Å². The summed E-state index contributed by atoms with van der Waals surface area (Å²) in [7, 11) is 0. The molecule has 0 spiro atoms. The minimum Gasteiger partial charge on any atom is -0.464 e. The van der Waals surface area contributed by atoms with Crippen LogP contribution >= 0.6 is 24.8 Å². The molecule has 0 radical (unpaired) electrons. The van der Waals surface area contributed by atoms with Crippen LogP contribution in [-0.2, 0) is 6.42 Å². The van der Waals surface area contributed by atoms with Crippen molar-refractivity contribution in [2.75, 3.05) is 32.9 Å². The molecule has 0 bridgehead atoms. The van der Waals surface area contributed by atoms with Crippen molar-refractivity contribution in [1.82, 2.24) is 10.2 Å². The monoisotopic (exact) mass is 298 g/mol. The zero-order chi connectivity index (χ0) is 11.4. The average molecular weight is 299 g/mol. The van der Waals surface area contributed by atoms with Crippen LogP contribution in [0.5, 0.6) is 0 Å². The van der Waals surface area contributed by atoms with E-state index in [-0.39, 0.29) is 37.5 Å². The third kappa shape index (κ3) is 4.12. The highest BCUT2D eigenvalue weighted by atomic mass is 35.5. The predicted molar refractivity (Wildman–Crippen MR) is 75.7 cm³/mol. The van der Waals surface area contributed by atoms with Gasteiger partial charge in [-0.2, -0.15) is 0 Å². The molecule has 2 heterocycles. The molecule has 1 aromatic rings. The Kier molecular flexibility index (Phi) is 8.61. The van der Waals surface area contributed by atoms with E-state index >= 15 is 0 Å². The van der Waals surface area contributed by atoms with Crippen molar-refractivity contribution in [2.24, 2.45) is 0 Å². The number of nitrogens with zero attached hydrogens (tertiary/aromatic N) is 1. The van der Waals surface area contributed by atoms with Gasteiger partial charge in [0, 0.05) is 32.6 Å². The van der Waals surface area contributed by atoms with Crippen LogP contribution in [0, 0.1) is 0 Å². The lowest BCUT2D eigenvalue weighted by atomic mass is 10.2. The highest BCUT2D eigenvalue weighted by Crippen LogP contribution is 2.24. The van der Waals surface area contributed by atoms with Crippen LogP contribution < -0.4 is 5.32 Å². The maximum absolute atomic E-state index is 13.1. The number of hydrogen-bond donors (Lipinski definition) is 1. The zero-order valence-corrected chi connectivity index (χ0v) is 12.2. The van der Waals surface area contributed by atoms with Crippen LogP contribution in [0.4, 0.5) is 4.39 Å². The molecule has 1 atom stereocenters. The summed E-state index contributed by atoms with van der Waals surface area (Å²) in [6.07, 6.45) is 0.862. The van der Waals surface area contributed by atoms with Gasteiger partial charge in [-0.25, -0.2) is 4.39 Å². The van der Waals surface area contributed by atoms with Gasteiger partial charge in [-0.05, 0) is 12.1 Å². The number of alkyl halides is 1. The first-order valence-corrected chi connectivity index (χ1v) is 5.94. The van der Waals surface area contributed by atoms with Gasteiger partial charge < -0.3 is 9.73 Å². The lowest BCUT2D eigenvalue weighted by Crippen LogP contribution is -2.45. The molecule has 2 rings (SSSR count). The van der Waals surface area contributed by atoms with E-state index in [1.54, 1.807) is 0 Å². The summed E-state index contributed by atoms with van der Waals surface area (Å²) >= 11 is 0. The first-order valence-electron chi connectivity index (χ1n) is 5.94. The zero-order valence-electron chi connectivity index (χ0n) is 10.5. The molecule has 106 valence electrons. The largest absolute Gasteiger partial charge is 0.464 e. The fourth-order valence-electron chi connectivity index (χ4n) is 2.11. The highest BCUT2D eigenvalue weighted by Gasteiger charge is 2.24. The number of furan rings is 1. The number of hydrogen-bond acceptors (Lipinski definition) is 3. The molecule has 1 aromatic heterocycles. The highest BCUT2D eigenvalue weighted by molar-refractivity contribution is 5.85. The van der Waals surface area contributed by atoms with Crippen molar-refractivity contribution in [2.45, 2.75) is 19.4 Å². The second kappa shape index (κ2) is 8.75. The van der Waals surface area contributed by atoms with Crippen LogP contribution in [0.1, 0.15) is 24.5 Å². The molecular formula is C12H21Cl2FN2O. The van der Waals surface area contributed by atoms with Crippen molar-refractivity contribution in [3.05, 3.63) is 23.7 Å². The summed E-state index contributed by atoms with van der Waals surface area (Å²) in [6, 6.07) is 3.65. The van der Waals surface area contributed by atoms with E-state index in [1.165, 1.54) is 0 Å². The number of rotatable bonds is 4. The van der Waals surface area contributed by atoms with Crippen LogP contribution in [0.2, 0.25) is 0 Å². The molecular weight excluding hydrogens is 278 g/mol. The van der Waals surface area contributed by atoms with E-state index in [0.29, 0.717) is 0 Å². The lowest BCUT2D eigenvalue weighted by molar-refractivity contribution is 0.129. The molecule has 1 fully saturated rings. The van der Waals surface area contributed by atoms with E-state index in [4.69, 9.17) is 4.42 Å². The van der Waals surface area contributed by atoms with E-state index < -0.39 is 0 Å². The summed E-state index contributed by atoms with van der Waals surface area (Å²) in [5.74, 6) is 1.70. The van der Waals surface area contributed by atoms with Gasteiger partial charge in [0.15, 0.2) is 0 Å². The lowest BCUT2D eigenvalue weighted by Gasteiger charge is -2.32. The van der Waals surface area contributed by atoms with Gasteiger partial charge in [-0.1, -0.05) is 6.92 Å². The second-order valence-corrected chi connectivity index (χ2v) is 4.11. The molecule has 0 saturated carbocycles. The van der Waals surface area contributed by atoms with Crippen LogP contribution in [0.25, 0.3) is 0 Å². The molecule has 1 aliphatic rings. The molecule has 3 nitrogen and oxygen atoms in total. The topological polar surface area (TPSA) is 28.4 Å². The third-order valence-electron chi connectivity index (χ3n) is 3.10. The van der Waals surface area contributed by atoms with E-state index in [9.17, 15) is 4.39 Å². The molecule has 1 saturated heterocycles. The van der Waals surface area contributed by atoms with E-state index in [0.717, 1.165) is 44.1 Å². The Balaban J connectivity index is 0.00000144. The summed E-state index contributed by atoms with van der Waals surface area (Å²) in [5, 5.41) is 3.27. The van der Waals surface area contributed by atoms with E-state index in [2.05, 4.69) is 10.2 Å². The summed E-state index contributed by atoms with van der Waals surface area (Å²) < 4.78 is 18.8. The van der Waals surface area contributed by atoms with Gasteiger partial charge in [-0.15, -0.1) is 24.8 Å². The second-order valence-electron chi connectivity index (χ2n) is 4.11. The normalized spacial score (nSPS) is 17.7. The van der Waals surface area contributed by atoms with Crippen molar-refractivity contribution < 1.29 is 8.81 Å². The smallest absolute Gasteiger partial charge is 0.124 e. The summed E-state index contributed by atoms with van der Waals surface area (Å²) in [6.45, 7) is 5.29. The fraction of sp³-hybridized carbons (Fsp3) is 0.667. The third-order valence-corrected chi connectivity index (χ3v) is 3.10. The molecule has 0 amide bonds. The Morgan fingerprint density at radius 2 is 2.00 bits per heavy atom. The first kappa shape index (κ1) is 17.7. The maximum atomic E-state index is 13.1. The predicted octanol–water partition coefficient (Wildman–Crippen LogP) is 2.60. The number of halogens is 3. The van der Waals surface area contributed by atoms with Crippen LogP contribution in [-0.4, -0.2) is 37.8 Å². The standard InChI is InChI=1S/C12H19FN2O.2ClH/c1-2-10-3-4-12(16-10)11(9-13)15-7-5-14-6-8-15;;/h3-4,11,14H,2,5-9H2,1H3;2*1H/t11-;;/m0../s1. The Hall–Kier alpha value is -0.290. The van der Waals surface area contributed by atoms with Gasteiger partial charge in [0.2, 0.25) is 0 Å². The Morgan fingerprint density at radius 3 is 2.50 bits per heavy atom. The van der Waals surface area contributed by atoms with Crippen LogP contribution in [0.3, 0.4) is 0 Å². The number of nitrogens with one attached hydrogen (secondary N) is 1. The minimum absolute atomic E-state index is 0. The molecule has 6 heteroatoms. The summed E-state index contributed by atoms with van der Waals surface area (Å²) in [5.41, 5.74) is 0. The van der Waals surface area contributed by atoms with Crippen molar-refractivity contribution in [3.8, 4) is 0 Å². The Morgan fingerprint density at radius 1 is 1.33 bits per heavy atom. The minimum atomic E-state index is -0.378. The quantitative estimate of drug-likeness (QED) is 0.926. The van der Waals surface area contributed by atoms with Crippen molar-refractivity contribution in [3.63, 3.8) is 0 Å². The van der Waals surface area contributed by atoms with Gasteiger partial charge in [0.25, 0.3) is 0 Å². The molecule has 1 N–H and O–H groups in total. The SMILES string of the molecule is CCc1ccc([C@H](CF)N2CCNCC2)o1.Cl.Cl. The molecule has 0 unspecified atom stereocenters. The number of piperazine rings is 1. The van der Waals surface area contributed by atoms with Crippen molar-refractivity contribution >= 4 is 24.8 Å². The van der Waals surface area contributed by atoms with Gasteiger partial charge in [0.05, 0.1) is 6.04 Å². The maximum Gasteiger partial charge on any atom is 0.124 e. The number of aryl methyl sites for hydroxylation is 1. The first-order chi connectivity index (χ1) is 7.85. The van der Waals surface area contributed by atoms with Gasteiger partial charge in [-0.3, -0.25) is 4.90 Å².